The highest BCUT2D eigenvalue weighted by Crippen LogP contribution is 2.34. The molecule has 1 aliphatic rings. The van der Waals surface area contributed by atoms with Crippen LogP contribution in [0.5, 0.6) is 0 Å². The Morgan fingerprint density at radius 3 is 2.67 bits per heavy atom. The molecular weight excluding hydrogens is 363 g/mol. The van der Waals surface area contributed by atoms with E-state index in [1.807, 2.05) is 6.07 Å². The first kappa shape index (κ1) is 19.3. The highest BCUT2D eigenvalue weighted by Gasteiger charge is 2.22. The zero-order chi connectivity index (χ0) is 19.6. The van der Waals surface area contributed by atoms with E-state index in [1.54, 1.807) is 19.9 Å². The molecule has 1 aromatic carbocycles. The van der Waals surface area contributed by atoms with E-state index in [4.69, 9.17) is 16.0 Å². The minimum absolute atomic E-state index is 0.0108. The zero-order valence-electron chi connectivity index (χ0n) is 15.3. The maximum atomic E-state index is 14.1. The fourth-order valence-electron chi connectivity index (χ4n) is 2.78. The van der Waals surface area contributed by atoms with Gasteiger partial charge in [-0.2, -0.15) is 5.26 Å². The van der Waals surface area contributed by atoms with Crippen LogP contribution in [0.3, 0.4) is 0 Å². The van der Waals surface area contributed by atoms with Gasteiger partial charge in [-0.3, -0.25) is 0 Å². The van der Waals surface area contributed by atoms with Crippen LogP contribution in [0.1, 0.15) is 37.1 Å². The number of benzene rings is 1. The second-order valence-corrected chi connectivity index (χ2v) is 8.09. The van der Waals surface area contributed by atoms with Crippen LogP contribution in [0, 0.1) is 29.0 Å². The van der Waals surface area contributed by atoms with Gasteiger partial charge in [-0.05, 0) is 38.8 Å². The van der Waals surface area contributed by atoms with Crippen molar-refractivity contribution in [3.8, 4) is 29.2 Å². The van der Waals surface area contributed by atoms with E-state index < -0.39 is 11.4 Å². The Morgan fingerprint density at radius 1 is 1.37 bits per heavy atom. The van der Waals surface area contributed by atoms with Crippen LogP contribution in [-0.2, 0) is 0 Å². The Balaban J connectivity index is 2.03. The van der Waals surface area contributed by atoms with Crippen molar-refractivity contribution in [3.63, 3.8) is 0 Å². The van der Waals surface area contributed by atoms with Gasteiger partial charge in [0.25, 0.3) is 0 Å². The zero-order valence-corrected chi connectivity index (χ0v) is 16.1. The van der Waals surface area contributed by atoms with Gasteiger partial charge < -0.3 is 15.7 Å². The molecule has 5 nitrogen and oxygen atoms in total. The molecule has 27 heavy (non-hydrogen) atoms. The minimum atomic E-state index is -1.14. The lowest BCUT2D eigenvalue weighted by Crippen LogP contribution is -2.39. The monoisotopic (exact) mass is 384 g/mol. The SMILES string of the molecule is CC(C)(O)C#Cc1sc(N2CCC(N)CC2)nc1-c1ccc(C#N)c(F)c1. The smallest absolute Gasteiger partial charge is 0.187 e. The molecule has 7 heteroatoms. The number of aromatic nitrogens is 1. The van der Waals surface area contributed by atoms with Gasteiger partial charge in [0, 0.05) is 24.7 Å². The molecule has 2 heterocycles. The van der Waals surface area contributed by atoms with E-state index in [0.717, 1.165) is 31.1 Å². The molecule has 0 aliphatic carbocycles. The van der Waals surface area contributed by atoms with E-state index in [2.05, 4.69) is 16.7 Å². The Hall–Kier alpha value is -2.45. The fourth-order valence-corrected chi connectivity index (χ4v) is 3.77. The van der Waals surface area contributed by atoms with Crippen LogP contribution in [0.15, 0.2) is 18.2 Å². The molecule has 0 bridgehead atoms. The van der Waals surface area contributed by atoms with Crippen LogP contribution in [0.25, 0.3) is 11.3 Å². The third-order valence-electron chi connectivity index (χ3n) is 4.27. The Morgan fingerprint density at radius 2 is 2.07 bits per heavy atom. The molecule has 3 N–H and O–H groups in total. The van der Waals surface area contributed by atoms with Gasteiger partial charge in [0.1, 0.15) is 22.4 Å². The predicted octanol–water partition coefficient (Wildman–Crippen LogP) is 2.87. The van der Waals surface area contributed by atoms with Crippen molar-refractivity contribution in [3.05, 3.63) is 34.5 Å². The lowest BCUT2D eigenvalue weighted by Gasteiger charge is -2.29. The van der Waals surface area contributed by atoms with Crippen LogP contribution >= 0.6 is 11.3 Å². The lowest BCUT2D eigenvalue weighted by atomic mass is 10.1. The van der Waals surface area contributed by atoms with E-state index >= 15 is 0 Å². The first-order valence-corrected chi connectivity index (χ1v) is 9.55. The van der Waals surface area contributed by atoms with Crippen LogP contribution in [0.2, 0.25) is 0 Å². The Labute approximate surface area is 162 Å². The van der Waals surface area contributed by atoms with Crippen molar-refractivity contribution in [1.29, 1.82) is 5.26 Å². The van der Waals surface area contributed by atoms with Crippen molar-refractivity contribution in [2.24, 2.45) is 5.73 Å². The topological polar surface area (TPSA) is 86.2 Å². The van der Waals surface area contributed by atoms with Gasteiger partial charge in [-0.15, -0.1) is 0 Å². The number of thiazole rings is 1. The summed E-state index contributed by atoms with van der Waals surface area (Å²) < 4.78 is 14.1. The summed E-state index contributed by atoms with van der Waals surface area (Å²) in [5, 5.41) is 19.7. The average Bonchev–Trinajstić information content (AvgIpc) is 3.04. The lowest BCUT2D eigenvalue weighted by molar-refractivity contribution is 0.143. The molecule has 1 aliphatic heterocycles. The molecule has 0 saturated carbocycles. The van der Waals surface area contributed by atoms with Gasteiger partial charge in [0.2, 0.25) is 0 Å². The predicted molar refractivity (Wildman–Crippen MR) is 105 cm³/mol. The van der Waals surface area contributed by atoms with E-state index in [0.29, 0.717) is 16.1 Å². The molecular formula is C20H21FN4OS. The number of aliphatic hydroxyl groups is 1. The normalized spacial score (nSPS) is 15.2. The van der Waals surface area contributed by atoms with Crippen molar-refractivity contribution in [2.45, 2.75) is 38.3 Å². The summed E-state index contributed by atoms with van der Waals surface area (Å²) in [5.41, 5.74) is 5.94. The van der Waals surface area contributed by atoms with Crippen LogP contribution < -0.4 is 10.6 Å². The first-order chi connectivity index (χ1) is 12.8. The number of piperidine rings is 1. The van der Waals surface area contributed by atoms with Gasteiger partial charge in [0.05, 0.1) is 11.3 Å². The quantitative estimate of drug-likeness (QED) is 0.778. The number of rotatable bonds is 2. The summed E-state index contributed by atoms with van der Waals surface area (Å²) in [5.74, 6) is 5.20. The summed E-state index contributed by atoms with van der Waals surface area (Å²) in [7, 11) is 0. The first-order valence-electron chi connectivity index (χ1n) is 8.74. The van der Waals surface area contributed by atoms with Crippen molar-refractivity contribution in [2.75, 3.05) is 18.0 Å². The molecule has 0 unspecified atom stereocenters. The molecule has 1 aromatic heterocycles. The minimum Gasteiger partial charge on any atom is -0.378 e. The number of nitrogens with zero attached hydrogens (tertiary/aromatic N) is 3. The molecule has 1 fully saturated rings. The fraction of sp³-hybridized carbons (Fsp3) is 0.400. The van der Waals surface area contributed by atoms with Gasteiger partial charge in [-0.25, -0.2) is 9.37 Å². The number of anilines is 1. The van der Waals surface area contributed by atoms with Crippen molar-refractivity contribution >= 4 is 16.5 Å². The molecule has 0 amide bonds. The highest BCUT2D eigenvalue weighted by molar-refractivity contribution is 7.16. The Bertz CT molecular complexity index is 938. The van der Waals surface area contributed by atoms with E-state index in [-0.39, 0.29) is 11.6 Å². The summed E-state index contributed by atoms with van der Waals surface area (Å²) in [6.45, 7) is 4.84. The number of nitriles is 1. The second-order valence-electron chi connectivity index (χ2n) is 7.11. The number of hydrogen-bond donors (Lipinski definition) is 2. The van der Waals surface area contributed by atoms with Gasteiger partial charge in [-0.1, -0.05) is 29.2 Å². The number of nitrogens with two attached hydrogens (primary N) is 1. The van der Waals surface area contributed by atoms with Crippen molar-refractivity contribution < 1.29 is 9.50 Å². The van der Waals surface area contributed by atoms with Crippen LogP contribution in [-0.4, -0.2) is 34.8 Å². The molecule has 0 atom stereocenters. The number of halogens is 1. The standard InChI is InChI=1S/C20H21FN4OS/c1-20(2,26)8-5-17-18(13-3-4-14(12-22)16(21)11-13)24-19(27-17)25-9-6-15(23)7-10-25/h3-4,11,15,26H,6-7,9-10,23H2,1-2H3. The Kier molecular flexibility index (Phi) is 5.48. The maximum Gasteiger partial charge on any atom is 0.187 e. The molecule has 0 radical (unpaired) electrons. The van der Waals surface area contributed by atoms with Crippen LogP contribution in [0.4, 0.5) is 9.52 Å². The summed E-state index contributed by atoms with van der Waals surface area (Å²) in [6, 6.07) is 6.45. The molecule has 3 rings (SSSR count). The summed E-state index contributed by atoms with van der Waals surface area (Å²) >= 11 is 1.42. The molecule has 140 valence electrons. The molecule has 0 spiro atoms. The second kappa shape index (κ2) is 7.66. The third-order valence-corrected chi connectivity index (χ3v) is 5.30. The number of hydrogen-bond acceptors (Lipinski definition) is 6. The largest absolute Gasteiger partial charge is 0.378 e. The van der Waals surface area contributed by atoms with E-state index in [9.17, 15) is 9.50 Å². The van der Waals surface area contributed by atoms with Gasteiger partial charge >= 0.3 is 0 Å². The maximum absolute atomic E-state index is 14.1. The van der Waals surface area contributed by atoms with Gasteiger partial charge in [0.15, 0.2) is 5.13 Å². The average molecular weight is 384 g/mol. The van der Waals surface area contributed by atoms with E-state index in [1.165, 1.54) is 23.5 Å². The summed E-state index contributed by atoms with van der Waals surface area (Å²) in [4.78, 5) is 7.51. The third kappa shape index (κ3) is 4.64. The molecule has 2 aromatic rings. The summed E-state index contributed by atoms with van der Waals surface area (Å²) in [6.07, 6.45) is 1.79. The highest BCUT2D eigenvalue weighted by atomic mass is 32.1. The molecule has 1 saturated heterocycles. The van der Waals surface area contributed by atoms with Crippen molar-refractivity contribution in [1.82, 2.24) is 4.98 Å².